The zero-order valence-corrected chi connectivity index (χ0v) is 11.3. The third-order valence-electron chi connectivity index (χ3n) is 3.07. The van der Waals surface area contributed by atoms with E-state index >= 15 is 0 Å². The summed E-state index contributed by atoms with van der Waals surface area (Å²) >= 11 is 0. The van der Waals surface area contributed by atoms with E-state index in [1.807, 2.05) is 27.7 Å². The van der Waals surface area contributed by atoms with Crippen LogP contribution in [0, 0.1) is 10.1 Å². The van der Waals surface area contributed by atoms with Gasteiger partial charge in [0.2, 0.25) is 4.98 Å². The van der Waals surface area contributed by atoms with E-state index in [4.69, 9.17) is 0 Å². The second-order valence-electron chi connectivity index (χ2n) is 5.42. The van der Waals surface area contributed by atoms with Gasteiger partial charge in [0.25, 0.3) is 0 Å². The summed E-state index contributed by atoms with van der Waals surface area (Å²) in [6.45, 7) is 9.80. The zero-order valence-electron chi connectivity index (χ0n) is 11.3. The fraction of sp³-hybridized carbons (Fsp3) is 1.00. The van der Waals surface area contributed by atoms with E-state index in [-0.39, 0.29) is 11.6 Å². The monoisotopic (exact) mass is 244 g/mol. The highest BCUT2D eigenvalue weighted by atomic mass is 16.6. The van der Waals surface area contributed by atoms with Crippen LogP contribution < -0.4 is 5.32 Å². The smallest absolute Gasteiger partial charge is 0.242 e. The molecule has 0 aromatic carbocycles. The fourth-order valence-corrected chi connectivity index (χ4v) is 2.13. The largest absolute Gasteiger partial charge is 0.702 e. The molecule has 100 valence electrons. The van der Waals surface area contributed by atoms with Crippen LogP contribution >= 0.6 is 0 Å². The molecular formula is C11H24N4O2. The number of nitrogens with zero attached hydrogens (tertiary/aromatic N) is 3. The number of nitrogens with one attached hydrogen (secondary N) is 1. The maximum absolute atomic E-state index is 12.1. The molecule has 1 heterocycles. The molecule has 0 amide bonds. The third kappa shape index (κ3) is 3.54. The molecule has 1 rings (SSSR count). The lowest BCUT2D eigenvalue weighted by Gasteiger charge is -2.36. The summed E-state index contributed by atoms with van der Waals surface area (Å²) in [6, 6.07) is -0.204. The molecule has 0 aromatic rings. The number of hydroxylamine groups is 1. The second kappa shape index (κ2) is 5.64. The van der Waals surface area contributed by atoms with Gasteiger partial charge in [-0.1, -0.05) is 0 Å². The van der Waals surface area contributed by atoms with Crippen molar-refractivity contribution in [1.29, 1.82) is 0 Å². The van der Waals surface area contributed by atoms with Crippen molar-refractivity contribution < 1.29 is 4.98 Å². The Morgan fingerprint density at radius 3 is 2.29 bits per heavy atom. The van der Waals surface area contributed by atoms with Crippen LogP contribution in [0.4, 0.5) is 0 Å². The van der Waals surface area contributed by atoms with Crippen LogP contribution in [0.1, 0.15) is 40.5 Å². The first-order chi connectivity index (χ1) is 7.88. The quantitative estimate of drug-likeness (QED) is 0.596. The van der Waals surface area contributed by atoms with Crippen molar-refractivity contribution >= 4 is 0 Å². The number of rotatable bonds is 4. The molecule has 0 aromatic heterocycles. The van der Waals surface area contributed by atoms with Gasteiger partial charge in [-0.25, -0.2) is 0 Å². The number of hydrazine groups is 2. The predicted molar refractivity (Wildman–Crippen MR) is 66.9 cm³/mol. The molecule has 6 heteroatoms. The van der Waals surface area contributed by atoms with Crippen LogP contribution in [0.3, 0.4) is 0 Å². The maximum Gasteiger partial charge on any atom is 0.242 e. The summed E-state index contributed by atoms with van der Waals surface area (Å²) in [5.74, 6) is 0. The highest BCUT2D eigenvalue weighted by Gasteiger charge is 2.36. The molecular weight excluding hydrogens is 220 g/mol. The molecule has 1 saturated heterocycles. The van der Waals surface area contributed by atoms with Crippen molar-refractivity contribution in [3.8, 4) is 0 Å². The van der Waals surface area contributed by atoms with E-state index in [9.17, 15) is 10.1 Å². The van der Waals surface area contributed by atoms with Crippen molar-refractivity contribution in [1.82, 2.24) is 15.5 Å². The lowest BCUT2D eigenvalue weighted by Crippen LogP contribution is -2.55. The molecule has 1 fully saturated rings. The molecule has 17 heavy (non-hydrogen) atoms. The number of nitroso groups, excluding NO2 is 1. The van der Waals surface area contributed by atoms with Crippen molar-refractivity contribution in [3.63, 3.8) is 0 Å². The molecule has 6 nitrogen and oxygen atoms in total. The van der Waals surface area contributed by atoms with Gasteiger partial charge in [0.1, 0.15) is 0 Å². The Morgan fingerprint density at radius 2 is 1.88 bits per heavy atom. The Balaban J connectivity index is 2.66. The molecule has 0 radical (unpaired) electrons. The first-order valence-corrected chi connectivity index (χ1v) is 6.29. The molecule has 0 unspecified atom stereocenters. The minimum atomic E-state index is -0.341. The Kier molecular flexibility index (Phi) is 4.70. The molecule has 0 bridgehead atoms. The van der Waals surface area contributed by atoms with E-state index < -0.39 is 0 Å². The van der Waals surface area contributed by atoms with Crippen molar-refractivity contribution in [3.05, 3.63) is 10.1 Å². The highest BCUT2D eigenvalue weighted by Crippen LogP contribution is 2.17. The van der Waals surface area contributed by atoms with Gasteiger partial charge in [0.15, 0.2) is 0 Å². The lowest BCUT2D eigenvalue weighted by atomic mass is 10.1. The zero-order chi connectivity index (χ0) is 13.1. The SMILES string of the molecule is CCN([N+](=O)N([O-])C1CCNCC1)C(C)(C)C. The minimum Gasteiger partial charge on any atom is -0.702 e. The summed E-state index contributed by atoms with van der Waals surface area (Å²) in [5, 5.41) is 17.3. The van der Waals surface area contributed by atoms with Gasteiger partial charge < -0.3 is 10.5 Å². The van der Waals surface area contributed by atoms with Gasteiger partial charge >= 0.3 is 0 Å². The van der Waals surface area contributed by atoms with Gasteiger partial charge in [0, 0.05) is 0 Å². The van der Waals surface area contributed by atoms with Gasteiger partial charge in [-0.2, -0.15) is 5.17 Å². The van der Waals surface area contributed by atoms with E-state index in [2.05, 4.69) is 5.32 Å². The molecule has 1 N–H and O–H groups in total. The Labute approximate surface area is 103 Å². The minimum absolute atomic E-state index is 0.204. The highest BCUT2D eigenvalue weighted by molar-refractivity contribution is 4.74. The van der Waals surface area contributed by atoms with Gasteiger partial charge in [-0.05, 0) is 53.6 Å². The molecule has 0 aliphatic carbocycles. The molecule has 0 saturated carbocycles. The number of piperidine rings is 1. The van der Waals surface area contributed by atoms with Crippen molar-refractivity contribution in [2.24, 2.45) is 0 Å². The standard InChI is InChI=1S/C11H24N4O2/c1-5-13(11(2,3)4)15(17)14(16)10-6-8-12-9-7-10/h10,12H,5-9H2,1-4H3. The Morgan fingerprint density at radius 1 is 1.35 bits per heavy atom. The average molecular weight is 244 g/mol. The van der Waals surface area contributed by atoms with Gasteiger partial charge in [0.05, 0.1) is 23.0 Å². The first-order valence-electron chi connectivity index (χ1n) is 6.29. The topological polar surface area (TPSA) is 61.7 Å². The predicted octanol–water partition coefficient (Wildman–Crippen LogP) is 1.27. The number of hydrogen-bond acceptors (Lipinski definition) is 3. The van der Waals surface area contributed by atoms with Crippen LogP contribution in [0.15, 0.2) is 0 Å². The van der Waals surface area contributed by atoms with E-state index in [0.717, 1.165) is 25.9 Å². The normalized spacial score (nSPS) is 17.9. The summed E-state index contributed by atoms with van der Waals surface area (Å²) in [7, 11) is 0. The average Bonchev–Trinajstić information content (AvgIpc) is 2.28. The van der Waals surface area contributed by atoms with Crippen LogP contribution in [0.25, 0.3) is 0 Å². The summed E-state index contributed by atoms with van der Waals surface area (Å²) in [6.07, 6.45) is 1.45. The fourth-order valence-electron chi connectivity index (χ4n) is 2.13. The molecule has 0 atom stereocenters. The van der Waals surface area contributed by atoms with Crippen LogP contribution in [0.5, 0.6) is 0 Å². The first kappa shape index (κ1) is 14.2. The Hall–Kier alpha value is -0.880. The third-order valence-corrected chi connectivity index (χ3v) is 3.07. The van der Waals surface area contributed by atoms with Crippen LogP contribution in [0.2, 0.25) is 0 Å². The number of hydrogen-bond donors (Lipinski definition) is 1. The maximum atomic E-state index is 12.1. The van der Waals surface area contributed by atoms with Gasteiger partial charge in [-0.15, -0.1) is 5.01 Å². The summed E-state index contributed by atoms with van der Waals surface area (Å²) in [4.78, 5) is 12.6. The van der Waals surface area contributed by atoms with Crippen LogP contribution in [-0.4, -0.2) is 46.4 Å². The van der Waals surface area contributed by atoms with Gasteiger partial charge in [-0.3, -0.25) is 0 Å². The van der Waals surface area contributed by atoms with Crippen LogP contribution in [-0.2, 0) is 0 Å². The van der Waals surface area contributed by atoms with E-state index in [1.165, 1.54) is 0 Å². The molecule has 0 spiro atoms. The van der Waals surface area contributed by atoms with Crippen molar-refractivity contribution in [2.45, 2.75) is 52.1 Å². The molecule has 1 aliphatic rings. The van der Waals surface area contributed by atoms with E-state index in [1.54, 1.807) is 5.01 Å². The summed E-state index contributed by atoms with van der Waals surface area (Å²) in [5.41, 5.74) is -0.341. The van der Waals surface area contributed by atoms with E-state index in [0.29, 0.717) is 16.7 Å². The Bertz CT molecular complexity index is 259. The molecule has 1 aliphatic heterocycles. The van der Waals surface area contributed by atoms with Crippen molar-refractivity contribution in [2.75, 3.05) is 19.6 Å². The second-order valence-corrected chi connectivity index (χ2v) is 5.42. The lowest BCUT2D eigenvalue weighted by molar-refractivity contribution is -0.836. The summed E-state index contributed by atoms with van der Waals surface area (Å²) < 4.78 is 0.